The number of carbonyl (C=O) groups is 4. The van der Waals surface area contributed by atoms with Crippen molar-refractivity contribution in [1.82, 2.24) is 16.0 Å². The zero-order chi connectivity index (χ0) is 23.6. The Labute approximate surface area is 189 Å². The van der Waals surface area contributed by atoms with Crippen LogP contribution in [-0.2, 0) is 25.6 Å². The molecule has 31 heavy (non-hydrogen) atoms. The molecule has 8 N–H and O–H groups in total. The van der Waals surface area contributed by atoms with Gasteiger partial charge in [0.1, 0.15) is 29.9 Å². The topological polar surface area (TPSA) is 191 Å². The third kappa shape index (κ3) is 8.65. The van der Waals surface area contributed by atoms with E-state index in [0.29, 0.717) is 5.56 Å². The number of phenolic OH excluding ortho intramolecular Hbond substituents is 1. The molecule has 0 heterocycles. The van der Waals surface area contributed by atoms with Gasteiger partial charge in [0.15, 0.2) is 0 Å². The number of aromatic hydroxyl groups is 1. The molecule has 0 aliphatic rings. The zero-order valence-electron chi connectivity index (χ0n) is 16.4. The monoisotopic (exact) mass is 474 g/mol. The van der Waals surface area contributed by atoms with Gasteiger partial charge in [-0.3, -0.25) is 14.4 Å². The summed E-state index contributed by atoms with van der Waals surface area (Å²) in [6.07, 6.45) is -0.00863. The molecule has 3 amide bonds. The van der Waals surface area contributed by atoms with Crippen LogP contribution in [0.5, 0.6) is 5.75 Å². The van der Waals surface area contributed by atoms with Gasteiger partial charge in [-0.25, -0.2) is 4.79 Å². The molecule has 172 valence electrons. The number of rotatable bonds is 12. The number of aliphatic hydroxyl groups excluding tert-OH is 1. The maximum atomic E-state index is 12.8. The Morgan fingerprint density at radius 3 is 1.84 bits per heavy atom. The highest BCUT2D eigenvalue weighted by molar-refractivity contribution is 7.80. The highest BCUT2D eigenvalue weighted by Gasteiger charge is 2.29. The zero-order valence-corrected chi connectivity index (χ0v) is 18.2. The molecule has 0 radical (unpaired) electrons. The van der Waals surface area contributed by atoms with Gasteiger partial charge in [0, 0.05) is 17.9 Å². The van der Waals surface area contributed by atoms with Crippen molar-refractivity contribution in [2.24, 2.45) is 5.73 Å². The molecular formula is C18H26N4O7S2. The van der Waals surface area contributed by atoms with Crippen LogP contribution in [0.25, 0.3) is 0 Å². The van der Waals surface area contributed by atoms with Crippen molar-refractivity contribution in [3.05, 3.63) is 29.8 Å². The van der Waals surface area contributed by atoms with Crippen LogP contribution in [0.15, 0.2) is 24.3 Å². The minimum absolute atomic E-state index is 0.00863. The summed E-state index contributed by atoms with van der Waals surface area (Å²) in [5.74, 6) is -3.90. The fraction of sp³-hybridized carbons (Fsp3) is 0.444. The normalized spacial score (nSPS) is 14.6. The summed E-state index contributed by atoms with van der Waals surface area (Å²) in [7, 11) is 0. The van der Waals surface area contributed by atoms with Gasteiger partial charge in [0.05, 0.1) is 6.61 Å². The van der Waals surface area contributed by atoms with Crippen LogP contribution >= 0.6 is 25.3 Å². The lowest BCUT2D eigenvalue weighted by atomic mass is 10.0. The van der Waals surface area contributed by atoms with Gasteiger partial charge >= 0.3 is 5.97 Å². The molecule has 0 aromatic heterocycles. The van der Waals surface area contributed by atoms with Crippen molar-refractivity contribution >= 4 is 48.9 Å². The first-order valence-corrected chi connectivity index (χ1v) is 10.4. The Balaban J connectivity index is 2.97. The smallest absolute Gasteiger partial charge is 0.327 e. The molecule has 13 heteroatoms. The van der Waals surface area contributed by atoms with Gasteiger partial charge in [0.2, 0.25) is 17.7 Å². The second-order valence-electron chi connectivity index (χ2n) is 6.55. The summed E-state index contributed by atoms with van der Waals surface area (Å²) < 4.78 is 0. The molecule has 0 fully saturated rings. The average molecular weight is 475 g/mol. The summed E-state index contributed by atoms with van der Waals surface area (Å²) in [5, 5.41) is 34.6. The van der Waals surface area contributed by atoms with E-state index >= 15 is 0 Å². The third-order valence-electron chi connectivity index (χ3n) is 4.16. The standard InChI is InChI=1S/C18H26N4O7S2/c19-11(6-23)15(25)20-12(5-9-1-3-10(24)4-2-9)16(26)21-13(7-30)17(27)22-14(8-31)18(28)29/h1-4,11-14,23-24,30-31H,5-8,19H2,(H,20,25)(H,21,26)(H,22,27)(H,28,29). The molecule has 0 bridgehead atoms. The minimum atomic E-state index is -1.29. The van der Waals surface area contributed by atoms with Crippen molar-refractivity contribution in [3.8, 4) is 5.75 Å². The molecule has 0 aliphatic heterocycles. The van der Waals surface area contributed by atoms with E-state index in [1.165, 1.54) is 12.1 Å². The second kappa shape index (κ2) is 13.0. The molecule has 0 spiro atoms. The number of hydrogen-bond acceptors (Lipinski definition) is 9. The van der Waals surface area contributed by atoms with Crippen LogP contribution in [-0.4, -0.2) is 81.3 Å². The molecule has 11 nitrogen and oxygen atoms in total. The fourth-order valence-electron chi connectivity index (χ4n) is 2.36. The van der Waals surface area contributed by atoms with E-state index in [4.69, 9.17) is 15.9 Å². The van der Waals surface area contributed by atoms with Gasteiger partial charge in [-0.15, -0.1) is 0 Å². The predicted molar refractivity (Wildman–Crippen MR) is 118 cm³/mol. The molecule has 1 aromatic carbocycles. The molecule has 4 atom stereocenters. The number of nitrogens with two attached hydrogens (primary N) is 1. The first-order valence-electron chi connectivity index (χ1n) is 9.12. The Hall–Kier alpha value is -2.48. The number of hydrogen-bond donors (Lipinski definition) is 9. The molecule has 1 rings (SSSR count). The van der Waals surface area contributed by atoms with E-state index < -0.39 is 54.5 Å². The summed E-state index contributed by atoms with van der Waals surface area (Å²) in [6, 6.07) is 1.00. The number of benzene rings is 1. The lowest BCUT2D eigenvalue weighted by molar-refractivity contribution is -0.141. The number of aliphatic carboxylic acids is 1. The number of nitrogens with one attached hydrogen (secondary N) is 3. The summed E-state index contributed by atoms with van der Waals surface area (Å²) >= 11 is 7.88. The second-order valence-corrected chi connectivity index (χ2v) is 7.28. The quantitative estimate of drug-likeness (QED) is 0.150. The summed E-state index contributed by atoms with van der Waals surface area (Å²) in [6.45, 7) is -0.638. The number of amides is 3. The molecule has 0 saturated heterocycles. The van der Waals surface area contributed by atoms with Crippen LogP contribution in [0.4, 0.5) is 0 Å². The highest BCUT2D eigenvalue weighted by atomic mass is 32.1. The Kier molecular flexibility index (Phi) is 11.2. The maximum Gasteiger partial charge on any atom is 0.327 e. The van der Waals surface area contributed by atoms with E-state index in [1.54, 1.807) is 12.1 Å². The van der Waals surface area contributed by atoms with Crippen molar-refractivity contribution < 1.29 is 34.5 Å². The first kappa shape index (κ1) is 26.6. The van der Waals surface area contributed by atoms with Crippen LogP contribution < -0.4 is 21.7 Å². The van der Waals surface area contributed by atoms with Crippen LogP contribution in [0.1, 0.15) is 5.56 Å². The van der Waals surface area contributed by atoms with E-state index in [2.05, 4.69) is 41.2 Å². The number of carboxylic acids is 1. The Morgan fingerprint density at radius 2 is 1.35 bits per heavy atom. The van der Waals surface area contributed by atoms with Gasteiger partial charge in [-0.2, -0.15) is 25.3 Å². The maximum absolute atomic E-state index is 12.8. The number of aliphatic hydroxyl groups is 1. The van der Waals surface area contributed by atoms with E-state index in [0.717, 1.165) is 0 Å². The molecule has 0 saturated carbocycles. The molecule has 4 unspecified atom stereocenters. The SMILES string of the molecule is NC(CO)C(=O)NC(Cc1ccc(O)cc1)C(=O)NC(CS)C(=O)NC(CS)C(=O)O. The Morgan fingerprint density at radius 1 is 0.871 bits per heavy atom. The third-order valence-corrected chi connectivity index (χ3v) is 4.89. The molecule has 1 aromatic rings. The van der Waals surface area contributed by atoms with E-state index in [1.807, 2.05) is 0 Å². The van der Waals surface area contributed by atoms with Crippen molar-refractivity contribution in [3.63, 3.8) is 0 Å². The van der Waals surface area contributed by atoms with Crippen LogP contribution in [0.3, 0.4) is 0 Å². The first-order chi connectivity index (χ1) is 14.6. The number of thiol groups is 2. The minimum Gasteiger partial charge on any atom is -0.508 e. The highest BCUT2D eigenvalue weighted by Crippen LogP contribution is 2.12. The largest absolute Gasteiger partial charge is 0.508 e. The lowest BCUT2D eigenvalue weighted by Gasteiger charge is -2.24. The number of carbonyl (C=O) groups excluding carboxylic acids is 3. The van der Waals surface area contributed by atoms with Crippen LogP contribution in [0, 0.1) is 0 Å². The molecule has 0 aliphatic carbocycles. The summed E-state index contributed by atoms with van der Waals surface area (Å²) in [5.41, 5.74) is 6.07. The number of phenols is 1. The fourth-order valence-corrected chi connectivity index (χ4v) is 2.87. The van der Waals surface area contributed by atoms with E-state index in [-0.39, 0.29) is 23.7 Å². The van der Waals surface area contributed by atoms with Crippen LogP contribution in [0.2, 0.25) is 0 Å². The average Bonchev–Trinajstić information content (AvgIpc) is 2.75. The predicted octanol–water partition coefficient (Wildman–Crippen LogP) is -2.35. The van der Waals surface area contributed by atoms with Crippen molar-refractivity contribution in [2.45, 2.75) is 30.6 Å². The molecular weight excluding hydrogens is 448 g/mol. The van der Waals surface area contributed by atoms with Crippen molar-refractivity contribution in [1.29, 1.82) is 0 Å². The summed E-state index contributed by atoms with van der Waals surface area (Å²) in [4.78, 5) is 48.3. The number of carboxylic acid groups (broad SMARTS) is 1. The van der Waals surface area contributed by atoms with Gasteiger partial charge < -0.3 is 37.0 Å². The van der Waals surface area contributed by atoms with Crippen molar-refractivity contribution in [2.75, 3.05) is 18.1 Å². The van der Waals surface area contributed by atoms with Gasteiger partial charge in [0.25, 0.3) is 0 Å². The lowest BCUT2D eigenvalue weighted by Crippen LogP contribution is -2.58. The Bertz CT molecular complexity index is 779. The van der Waals surface area contributed by atoms with Gasteiger partial charge in [-0.05, 0) is 17.7 Å². The van der Waals surface area contributed by atoms with Gasteiger partial charge in [-0.1, -0.05) is 12.1 Å². The van der Waals surface area contributed by atoms with E-state index in [9.17, 15) is 24.3 Å².